The van der Waals surface area contributed by atoms with Crippen LogP contribution in [0.2, 0.25) is 0 Å². The van der Waals surface area contributed by atoms with Crippen molar-refractivity contribution in [3.8, 4) is 0 Å². The number of nitrogens with zero attached hydrogens (tertiary/aromatic N) is 2. The van der Waals surface area contributed by atoms with Crippen molar-refractivity contribution in [2.24, 2.45) is 0 Å². The number of aromatic nitrogens is 1. The molecule has 3 rings (SSSR count). The second-order valence-electron chi connectivity index (χ2n) is 6.75. The number of carbonyl (C=O) groups is 3. The SMILES string of the molecule is CCn1c(C)cc(/C=C2/C(=O)NC(=O)N(c3cccc(C)c3C)C2=O)c1C. The standard InChI is InChI=1S/C21H23N3O3/c1-6-23-13(3)10-16(15(23)5)11-17-19(25)22-21(27)24(20(17)26)18-9-7-8-12(2)14(18)4/h7-11H,6H2,1-5H3,(H,22,25,27)/b17-11-. The summed E-state index contributed by atoms with van der Waals surface area (Å²) in [6.07, 6.45) is 1.57. The van der Waals surface area contributed by atoms with Gasteiger partial charge in [-0.25, -0.2) is 9.69 Å². The zero-order valence-corrected chi connectivity index (χ0v) is 16.2. The van der Waals surface area contributed by atoms with Gasteiger partial charge in [-0.2, -0.15) is 0 Å². The van der Waals surface area contributed by atoms with E-state index in [1.165, 1.54) is 0 Å². The Labute approximate surface area is 158 Å². The molecule has 0 aliphatic carbocycles. The summed E-state index contributed by atoms with van der Waals surface area (Å²) in [4.78, 5) is 38.8. The molecule has 1 fully saturated rings. The molecule has 0 unspecified atom stereocenters. The van der Waals surface area contributed by atoms with Crippen LogP contribution in [0, 0.1) is 27.7 Å². The Morgan fingerprint density at radius 3 is 2.41 bits per heavy atom. The highest BCUT2D eigenvalue weighted by molar-refractivity contribution is 6.39. The highest BCUT2D eigenvalue weighted by Gasteiger charge is 2.37. The minimum atomic E-state index is -0.727. The average molecular weight is 365 g/mol. The largest absolute Gasteiger partial charge is 0.349 e. The molecule has 6 heteroatoms. The number of benzene rings is 1. The van der Waals surface area contributed by atoms with Gasteiger partial charge in [0, 0.05) is 17.9 Å². The summed E-state index contributed by atoms with van der Waals surface area (Å²) >= 11 is 0. The molecule has 1 aliphatic heterocycles. The van der Waals surface area contributed by atoms with E-state index >= 15 is 0 Å². The summed E-state index contributed by atoms with van der Waals surface area (Å²) in [5.41, 5.74) is 5.03. The lowest BCUT2D eigenvalue weighted by Crippen LogP contribution is -2.54. The second kappa shape index (κ2) is 6.87. The molecule has 4 amide bonds. The van der Waals surface area contributed by atoms with E-state index in [4.69, 9.17) is 0 Å². The maximum Gasteiger partial charge on any atom is 0.335 e. The van der Waals surface area contributed by atoms with Crippen LogP contribution >= 0.6 is 0 Å². The molecule has 2 aromatic rings. The summed E-state index contributed by atoms with van der Waals surface area (Å²) in [6.45, 7) is 10.5. The van der Waals surface area contributed by atoms with Crippen LogP contribution in [-0.4, -0.2) is 22.4 Å². The van der Waals surface area contributed by atoms with E-state index in [0.717, 1.165) is 39.5 Å². The van der Waals surface area contributed by atoms with Crippen LogP contribution in [-0.2, 0) is 16.1 Å². The molecule has 0 bridgehead atoms. The molecule has 1 saturated heterocycles. The highest BCUT2D eigenvalue weighted by atomic mass is 16.2. The molecule has 0 radical (unpaired) electrons. The van der Waals surface area contributed by atoms with E-state index in [2.05, 4.69) is 9.88 Å². The summed E-state index contributed by atoms with van der Waals surface area (Å²) < 4.78 is 2.10. The average Bonchev–Trinajstić information content (AvgIpc) is 2.88. The maximum absolute atomic E-state index is 13.1. The van der Waals surface area contributed by atoms with Gasteiger partial charge in [-0.15, -0.1) is 0 Å². The Morgan fingerprint density at radius 2 is 1.78 bits per heavy atom. The van der Waals surface area contributed by atoms with E-state index in [-0.39, 0.29) is 5.57 Å². The van der Waals surface area contributed by atoms with Crippen LogP contribution in [0.15, 0.2) is 29.8 Å². The first-order valence-corrected chi connectivity index (χ1v) is 8.90. The molecule has 1 N–H and O–H groups in total. The van der Waals surface area contributed by atoms with Crippen molar-refractivity contribution >= 4 is 29.6 Å². The molecular formula is C21H23N3O3. The van der Waals surface area contributed by atoms with Crippen molar-refractivity contribution in [1.29, 1.82) is 0 Å². The molecule has 140 valence electrons. The number of imide groups is 2. The minimum Gasteiger partial charge on any atom is -0.349 e. The molecule has 1 aromatic carbocycles. The normalized spacial score (nSPS) is 16.3. The van der Waals surface area contributed by atoms with Gasteiger partial charge >= 0.3 is 6.03 Å². The molecule has 1 aliphatic rings. The Bertz CT molecular complexity index is 998. The van der Waals surface area contributed by atoms with Crippen molar-refractivity contribution in [3.63, 3.8) is 0 Å². The number of nitrogens with one attached hydrogen (secondary N) is 1. The fourth-order valence-electron chi connectivity index (χ4n) is 3.47. The fraction of sp³-hybridized carbons (Fsp3) is 0.286. The van der Waals surface area contributed by atoms with Gasteiger partial charge in [-0.3, -0.25) is 14.9 Å². The van der Waals surface area contributed by atoms with Crippen LogP contribution in [0.3, 0.4) is 0 Å². The highest BCUT2D eigenvalue weighted by Crippen LogP contribution is 2.27. The van der Waals surface area contributed by atoms with Gasteiger partial charge in [-0.05, 0) is 69.5 Å². The number of hydrogen-bond donors (Lipinski definition) is 1. The fourth-order valence-corrected chi connectivity index (χ4v) is 3.47. The molecule has 0 saturated carbocycles. The van der Waals surface area contributed by atoms with Gasteiger partial charge in [-0.1, -0.05) is 12.1 Å². The smallest absolute Gasteiger partial charge is 0.335 e. The zero-order chi connectivity index (χ0) is 19.9. The second-order valence-corrected chi connectivity index (χ2v) is 6.75. The van der Waals surface area contributed by atoms with Crippen molar-refractivity contribution in [1.82, 2.24) is 9.88 Å². The first-order valence-electron chi connectivity index (χ1n) is 8.90. The molecule has 0 spiro atoms. The zero-order valence-electron chi connectivity index (χ0n) is 16.2. The first kappa shape index (κ1) is 18.6. The molecule has 27 heavy (non-hydrogen) atoms. The predicted molar refractivity (Wildman–Crippen MR) is 104 cm³/mol. The lowest BCUT2D eigenvalue weighted by molar-refractivity contribution is -0.122. The number of anilines is 1. The van der Waals surface area contributed by atoms with Crippen molar-refractivity contribution < 1.29 is 14.4 Å². The number of rotatable bonds is 3. The summed E-state index contributed by atoms with van der Waals surface area (Å²) in [5, 5.41) is 2.28. The van der Waals surface area contributed by atoms with Gasteiger partial charge in [0.1, 0.15) is 5.57 Å². The lowest BCUT2D eigenvalue weighted by atomic mass is 10.0. The molecule has 2 heterocycles. The minimum absolute atomic E-state index is 0.0492. The van der Waals surface area contributed by atoms with E-state index in [9.17, 15) is 14.4 Å². The lowest BCUT2D eigenvalue weighted by Gasteiger charge is -2.28. The van der Waals surface area contributed by atoms with Gasteiger partial charge in [0.2, 0.25) is 0 Å². The number of aryl methyl sites for hydroxylation is 2. The molecule has 0 atom stereocenters. The third-order valence-corrected chi connectivity index (χ3v) is 5.15. The van der Waals surface area contributed by atoms with Crippen LogP contribution in [0.1, 0.15) is 35.0 Å². The summed E-state index contributed by atoms with van der Waals surface area (Å²) in [7, 11) is 0. The van der Waals surface area contributed by atoms with Crippen LogP contribution in [0.5, 0.6) is 0 Å². The Morgan fingerprint density at radius 1 is 1.07 bits per heavy atom. The number of carbonyl (C=O) groups excluding carboxylic acids is 3. The monoisotopic (exact) mass is 365 g/mol. The molecule has 6 nitrogen and oxygen atoms in total. The quantitative estimate of drug-likeness (QED) is 0.669. The van der Waals surface area contributed by atoms with Crippen molar-refractivity contribution in [2.75, 3.05) is 4.90 Å². The maximum atomic E-state index is 13.1. The van der Waals surface area contributed by atoms with Gasteiger partial charge < -0.3 is 4.57 Å². The summed E-state index contributed by atoms with van der Waals surface area (Å²) in [5.74, 6) is -1.29. The van der Waals surface area contributed by atoms with E-state index in [1.54, 1.807) is 18.2 Å². The third-order valence-electron chi connectivity index (χ3n) is 5.15. The Balaban J connectivity index is 2.09. The van der Waals surface area contributed by atoms with Gasteiger partial charge in [0.15, 0.2) is 0 Å². The Kier molecular flexibility index (Phi) is 4.74. The Hall–Kier alpha value is -3.15. The van der Waals surface area contributed by atoms with Crippen molar-refractivity contribution in [2.45, 2.75) is 41.2 Å². The summed E-state index contributed by atoms with van der Waals surface area (Å²) in [6, 6.07) is 6.61. The van der Waals surface area contributed by atoms with Gasteiger partial charge in [0.05, 0.1) is 5.69 Å². The van der Waals surface area contributed by atoms with Gasteiger partial charge in [0.25, 0.3) is 11.8 Å². The van der Waals surface area contributed by atoms with Crippen LogP contribution < -0.4 is 10.2 Å². The van der Waals surface area contributed by atoms with Crippen molar-refractivity contribution in [3.05, 3.63) is 57.9 Å². The van der Waals surface area contributed by atoms with Crippen LogP contribution in [0.4, 0.5) is 10.5 Å². The number of urea groups is 1. The number of amides is 4. The number of barbiturate groups is 1. The molecule has 1 aromatic heterocycles. The molecular weight excluding hydrogens is 342 g/mol. The number of hydrogen-bond acceptors (Lipinski definition) is 3. The third kappa shape index (κ3) is 3.07. The first-order chi connectivity index (χ1) is 12.8. The van der Waals surface area contributed by atoms with Crippen LogP contribution in [0.25, 0.3) is 6.08 Å². The predicted octanol–water partition coefficient (Wildman–Crippen LogP) is 3.41. The van der Waals surface area contributed by atoms with E-state index < -0.39 is 17.8 Å². The topological polar surface area (TPSA) is 71.4 Å². The van der Waals surface area contributed by atoms with E-state index in [0.29, 0.717) is 5.69 Å². The van der Waals surface area contributed by atoms with E-state index in [1.807, 2.05) is 46.8 Å².